The lowest BCUT2D eigenvalue weighted by atomic mass is 9.64. The number of aliphatic hydroxyl groups excluding tert-OH is 1. The Kier molecular flexibility index (Phi) is 6.02. The van der Waals surface area contributed by atoms with Gasteiger partial charge in [0.15, 0.2) is 0 Å². The van der Waals surface area contributed by atoms with Crippen LogP contribution in [0.3, 0.4) is 0 Å². The third-order valence-corrected chi connectivity index (χ3v) is 6.24. The zero-order valence-electron chi connectivity index (χ0n) is 16.5. The van der Waals surface area contributed by atoms with Gasteiger partial charge in [-0.05, 0) is 42.9 Å². The number of aliphatic carboxylic acids is 1. The molecule has 0 aliphatic heterocycles. The van der Waals surface area contributed by atoms with Crippen LogP contribution < -0.4 is 0 Å². The van der Waals surface area contributed by atoms with Crippen molar-refractivity contribution in [3.8, 4) is 0 Å². The highest BCUT2D eigenvalue weighted by Crippen LogP contribution is 2.53. The third kappa shape index (κ3) is 4.50. The number of carbonyl (C=O) groups excluding carboxylic acids is 1. The number of aliphatic hydroxyl groups is 2. The fourth-order valence-corrected chi connectivity index (χ4v) is 3.89. The maximum atomic E-state index is 12.2. The number of hydrogen-bond donors (Lipinski definition) is 3. The van der Waals surface area contributed by atoms with Gasteiger partial charge in [-0.15, -0.1) is 0 Å². The number of rotatable bonds is 7. The van der Waals surface area contributed by atoms with Crippen molar-refractivity contribution in [3.05, 3.63) is 35.4 Å². The molecule has 1 aliphatic carbocycles. The second kappa shape index (κ2) is 7.60. The summed E-state index contributed by atoms with van der Waals surface area (Å²) in [6, 6.07) is 7.07. The molecule has 1 aliphatic rings. The molecule has 0 unspecified atom stereocenters. The quantitative estimate of drug-likeness (QED) is 0.630. The van der Waals surface area contributed by atoms with Gasteiger partial charge in [0.1, 0.15) is 0 Å². The minimum atomic E-state index is -1.42. The Hall–Kier alpha value is -1.92. The summed E-state index contributed by atoms with van der Waals surface area (Å²) in [4.78, 5) is 22.9. The smallest absolute Gasteiger partial charge is 0.338 e. The molecule has 6 nitrogen and oxygen atoms in total. The van der Waals surface area contributed by atoms with Crippen LogP contribution in [0.5, 0.6) is 0 Å². The normalized spacial score (nSPS) is 26.4. The third-order valence-electron chi connectivity index (χ3n) is 6.24. The fourth-order valence-electron chi connectivity index (χ4n) is 3.89. The Morgan fingerprint density at radius 1 is 1.22 bits per heavy atom. The van der Waals surface area contributed by atoms with Crippen molar-refractivity contribution >= 4 is 11.9 Å². The lowest BCUT2D eigenvalue weighted by Crippen LogP contribution is -2.42. The van der Waals surface area contributed by atoms with E-state index in [0.29, 0.717) is 5.56 Å². The highest BCUT2D eigenvalue weighted by atomic mass is 16.5. The molecular formula is C21H30O6. The van der Waals surface area contributed by atoms with E-state index >= 15 is 0 Å². The zero-order valence-corrected chi connectivity index (χ0v) is 16.5. The number of carboxylic acids is 1. The summed E-state index contributed by atoms with van der Waals surface area (Å²) < 4.78 is 5.16. The van der Waals surface area contributed by atoms with Gasteiger partial charge in [0, 0.05) is 11.8 Å². The maximum absolute atomic E-state index is 12.2. The molecule has 0 bridgehead atoms. The highest BCUT2D eigenvalue weighted by molar-refractivity contribution is 5.89. The summed E-state index contributed by atoms with van der Waals surface area (Å²) in [5, 5.41) is 29.2. The molecule has 6 heteroatoms. The summed E-state index contributed by atoms with van der Waals surface area (Å²) >= 11 is 0. The SMILES string of the molecule is CC1(C)CC[C@@H](O)[C@]1(C)c1ccc(C(=O)OCC[C@@](C)(O)CC(=O)O)cc1. The molecule has 0 saturated heterocycles. The van der Waals surface area contributed by atoms with Crippen LogP contribution in [0, 0.1) is 5.41 Å². The van der Waals surface area contributed by atoms with E-state index in [9.17, 15) is 19.8 Å². The summed E-state index contributed by atoms with van der Waals surface area (Å²) in [5.41, 5.74) is -0.492. The predicted molar refractivity (Wildman–Crippen MR) is 101 cm³/mol. The topological polar surface area (TPSA) is 104 Å². The Balaban J connectivity index is 2.01. The van der Waals surface area contributed by atoms with Gasteiger partial charge in [-0.1, -0.05) is 32.9 Å². The number of carbonyl (C=O) groups is 2. The first-order valence-electron chi connectivity index (χ1n) is 9.29. The van der Waals surface area contributed by atoms with E-state index in [1.165, 1.54) is 6.92 Å². The molecule has 1 fully saturated rings. The molecule has 2 rings (SSSR count). The first-order valence-corrected chi connectivity index (χ1v) is 9.29. The van der Waals surface area contributed by atoms with Gasteiger partial charge in [0.2, 0.25) is 0 Å². The second-order valence-corrected chi connectivity index (χ2v) is 8.67. The van der Waals surface area contributed by atoms with Crippen LogP contribution in [-0.2, 0) is 14.9 Å². The van der Waals surface area contributed by atoms with E-state index in [0.717, 1.165) is 18.4 Å². The van der Waals surface area contributed by atoms with Gasteiger partial charge < -0.3 is 20.1 Å². The van der Waals surface area contributed by atoms with Crippen molar-refractivity contribution in [3.63, 3.8) is 0 Å². The van der Waals surface area contributed by atoms with Gasteiger partial charge in [-0.2, -0.15) is 0 Å². The van der Waals surface area contributed by atoms with E-state index in [4.69, 9.17) is 9.84 Å². The van der Waals surface area contributed by atoms with Crippen LogP contribution in [0.15, 0.2) is 24.3 Å². The number of benzene rings is 1. The van der Waals surface area contributed by atoms with E-state index in [-0.39, 0.29) is 23.9 Å². The predicted octanol–water partition coefficient (Wildman–Crippen LogP) is 2.90. The van der Waals surface area contributed by atoms with Crippen LogP contribution in [-0.4, -0.2) is 45.6 Å². The van der Waals surface area contributed by atoms with Crippen LogP contribution in [0.25, 0.3) is 0 Å². The number of esters is 1. The molecule has 1 saturated carbocycles. The summed E-state index contributed by atoms with van der Waals surface area (Å²) in [7, 11) is 0. The van der Waals surface area contributed by atoms with E-state index in [2.05, 4.69) is 20.8 Å². The second-order valence-electron chi connectivity index (χ2n) is 8.67. The highest BCUT2D eigenvalue weighted by Gasteiger charge is 2.52. The van der Waals surface area contributed by atoms with Crippen molar-refractivity contribution in [1.82, 2.24) is 0 Å². The van der Waals surface area contributed by atoms with Crippen LogP contribution >= 0.6 is 0 Å². The van der Waals surface area contributed by atoms with E-state index < -0.39 is 30.1 Å². The molecule has 0 heterocycles. The first kappa shape index (κ1) is 21.4. The number of carboxylic acid groups (broad SMARTS) is 1. The standard InChI is InChI=1S/C21H30O6/c1-19(2)10-9-16(22)21(19,4)15-7-5-14(6-8-15)18(25)27-12-11-20(3,26)13-17(23)24/h5-8,16,22,26H,9-13H2,1-4H3,(H,23,24)/t16-,20-,21+/m1/s1. The largest absolute Gasteiger partial charge is 0.481 e. The van der Waals surface area contributed by atoms with Gasteiger partial charge in [0.05, 0.1) is 30.3 Å². The van der Waals surface area contributed by atoms with Crippen LogP contribution in [0.2, 0.25) is 0 Å². The maximum Gasteiger partial charge on any atom is 0.338 e. The van der Waals surface area contributed by atoms with Gasteiger partial charge in [0.25, 0.3) is 0 Å². The average Bonchev–Trinajstić information content (AvgIpc) is 2.77. The van der Waals surface area contributed by atoms with Crippen molar-refractivity contribution in [2.75, 3.05) is 6.61 Å². The minimum absolute atomic E-state index is 0.0432. The molecule has 3 atom stereocenters. The molecule has 0 amide bonds. The fraction of sp³-hybridized carbons (Fsp3) is 0.619. The van der Waals surface area contributed by atoms with Crippen LogP contribution in [0.1, 0.15) is 69.3 Å². The Bertz CT molecular complexity index is 691. The minimum Gasteiger partial charge on any atom is -0.481 e. The van der Waals surface area contributed by atoms with Crippen molar-refractivity contribution < 1.29 is 29.6 Å². The summed E-state index contributed by atoms with van der Waals surface area (Å²) in [6.07, 6.45) is 0.896. The Morgan fingerprint density at radius 2 is 1.81 bits per heavy atom. The summed E-state index contributed by atoms with van der Waals surface area (Å²) in [5.74, 6) is -1.63. The van der Waals surface area contributed by atoms with Crippen LogP contribution in [0.4, 0.5) is 0 Å². The van der Waals surface area contributed by atoms with E-state index in [1.54, 1.807) is 12.1 Å². The lowest BCUT2D eigenvalue weighted by molar-refractivity contribution is -0.142. The molecule has 150 valence electrons. The van der Waals surface area contributed by atoms with Crippen molar-refractivity contribution in [1.29, 1.82) is 0 Å². The Labute approximate surface area is 160 Å². The van der Waals surface area contributed by atoms with Crippen molar-refractivity contribution in [2.45, 2.75) is 70.5 Å². The van der Waals surface area contributed by atoms with Crippen molar-refractivity contribution in [2.24, 2.45) is 5.41 Å². The monoisotopic (exact) mass is 378 g/mol. The molecule has 0 aromatic heterocycles. The summed E-state index contributed by atoms with van der Waals surface area (Å²) in [6.45, 7) is 7.69. The van der Waals surface area contributed by atoms with Gasteiger partial charge in [-0.25, -0.2) is 4.79 Å². The van der Waals surface area contributed by atoms with E-state index in [1.807, 2.05) is 12.1 Å². The Morgan fingerprint density at radius 3 is 2.30 bits per heavy atom. The average molecular weight is 378 g/mol. The lowest BCUT2D eigenvalue weighted by Gasteiger charge is -2.41. The number of hydrogen-bond acceptors (Lipinski definition) is 5. The molecule has 1 aromatic rings. The van der Waals surface area contributed by atoms with Gasteiger partial charge in [-0.3, -0.25) is 4.79 Å². The molecule has 1 aromatic carbocycles. The zero-order chi connectivity index (χ0) is 20.5. The molecule has 27 heavy (non-hydrogen) atoms. The molecule has 0 radical (unpaired) electrons. The number of ether oxygens (including phenoxy) is 1. The van der Waals surface area contributed by atoms with Gasteiger partial charge >= 0.3 is 11.9 Å². The first-order chi connectivity index (χ1) is 12.4. The molecular weight excluding hydrogens is 348 g/mol. The molecule has 3 N–H and O–H groups in total. The molecule has 0 spiro atoms.